The van der Waals surface area contributed by atoms with E-state index in [0.29, 0.717) is 11.3 Å². The van der Waals surface area contributed by atoms with E-state index >= 15 is 0 Å². The highest BCUT2D eigenvalue weighted by Gasteiger charge is 2.16. The van der Waals surface area contributed by atoms with Crippen LogP contribution in [0.25, 0.3) is 4.85 Å². The number of aromatic nitrogens is 1. The van der Waals surface area contributed by atoms with Gasteiger partial charge < -0.3 is 5.11 Å². The van der Waals surface area contributed by atoms with E-state index in [1.165, 1.54) is 0 Å². The summed E-state index contributed by atoms with van der Waals surface area (Å²) in [5, 5.41) is 8.96. The predicted molar refractivity (Wildman–Crippen MR) is 55.1 cm³/mol. The van der Waals surface area contributed by atoms with Crippen LogP contribution in [0.2, 0.25) is 0 Å². The molecule has 1 N–H and O–H groups in total. The molecule has 0 aliphatic heterocycles. The Hall–Kier alpha value is -1.40. The first kappa shape index (κ1) is 10.7. The quantitative estimate of drug-likeness (QED) is 0.690. The van der Waals surface area contributed by atoms with Gasteiger partial charge in [0.15, 0.2) is 5.69 Å². The molecular formula is C11H14N2O. The minimum absolute atomic E-state index is 0.0621. The number of aliphatic hydroxyl groups excluding tert-OH is 1. The molecule has 0 amide bonds. The molecular weight excluding hydrogens is 176 g/mol. The number of rotatable bonds is 1. The largest absolute Gasteiger partial charge is 0.393 e. The van der Waals surface area contributed by atoms with Gasteiger partial charge in [0.25, 0.3) is 0 Å². The van der Waals surface area contributed by atoms with Crippen molar-refractivity contribution in [3.8, 4) is 0 Å². The van der Waals surface area contributed by atoms with Crippen LogP contribution in [-0.2, 0) is 12.0 Å². The van der Waals surface area contributed by atoms with Crippen LogP contribution in [-0.4, -0.2) is 10.1 Å². The van der Waals surface area contributed by atoms with E-state index in [-0.39, 0.29) is 12.0 Å². The third-order valence-electron chi connectivity index (χ3n) is 2.02. The summed E-state index contributed by atoms with van der Waals surface area (Å²) >= 11 is 0. The van der Waals surface area contributed by atoms with Gasteiger partial charge in [0.2, 0.25) is 0 Å². The first-order valence-electron chi connectivity index (χ1n) is 4.46. The van der Waals surface area contributed by atoms with Gasteiger partial charge in [-0.2, -0.15) is 0 Å². The minimum atomic E-state index is -0.130. The van der Waals surface area contributed by atoms with Crippen molar-refractivity contribution in [3.05, 3.63) is 34.9 Å². The highest BCUT2D eigenvalue weighted by Crippen LogP contribution is 2.26. The van der Waals surface area contributed by atoms with Gasteiger partial charge in [0.1, 0.15) is 0 Å². The zero-order valence-corrected chi connectivity index (χ0v) is 8.70. The highest BCUT2D eigenvalue weighted by atomic mass is 16.3. The van der Waals surface area contributed by atoms with Crippen LogP contribution in [0.1, 0.15) is 32.0 Å². The third-order valence-corrected chi connectivity index (χ3v) is 2.02. The van der Waals surface area contributed by atoms with Crippen molar-refractivity contribution >= 4 is 5.69 Å². The van der Waals surface area contributed by atoms with E-state index in [1.54, 1.807) is 12.3 Å². The molecule has 14 heavy (non-hydrogen) atoms. The van der Waals surface area contributed by atoms with Crippen LogP contribution in [0.5, 0.6) is 0 Å². The van der Waals surface area contributed by atoms with E-state index in [9.17, 15) is 0 Å². The second kappa shape index (κ2) is 3.77. The Morgan fingerprint density at radius 3 is 2.57 bits per heavy atom. The molecule has 0 atom stereocenters. The second-order valence-electron chi connectivity index (χ2n) is 4.22. The van der Waals surface area contributed by atoms with E-state index in [0.717, 1.165) is 5.69 Å². The molecule has 74 valence electrons. The average molecular weight is 190 g/mol. The lowest BCUT2D eigenvalue weighted by atomic mass is 9.91. The highest BCUT2D eigenvalue weighted by molar-refractivity contribution is 5.52. The molecule has 0 unspecified atom stereocenters. The van der Waals surface area contributed by atoms with Gasteiger partial charge in [0.05, 0.1) is 13.2 Å². The number of aliphatic hydroxyl groups is 1. The first-order valence-corrected chi connectivity index (χ1v) is 4.46. The molecule has 1 aromatic rings. The topological polar surface area (TPSA) is 37.5 Å². The molecule has 0 radical (unpaired) electrons. The van der Waals surface area contributed by atoms with Gasteiger partial charge in [-0.15, -0.1) is 0 Å². The molecule has 3 heteroatoms. The summed E-state index contributed by atoms with van der Waals surface area (Å²) in [7, 11) is 0. The van der Waals surface area contributed by atoms with Crippen molar-refractivity contribution in [1.29, 1.82) is 0 Å². The van der Waals surface area contributed by atoms with Crippen molar-refractivity contribution in [3.63, 3.8) is 0 Å². The summed E-state index contributed by atoms with van der Waals surface area (Å²) in [6, 6.07) is 1.75. The molecule has 0 saturated carbocycles. The maximum absolute atomic E-state index is 8.96. The Bertz CT molecular complexity index is 372. The number of hydrogen-bond donors (Lipinski definition) is 1. The summed E-state index contributed by atoms with van der Waals surface area (Å²) < 4.78 is 0. The Balaban J connectivity index is 3.23. The normalized spacial score (nSPS) is 11.1. The van der Waals surface area contributed by atoms with Crippen molar-refractivity contribution < 1.29 is 5.11 Å². The lowest BCUT2D eigenvalue weighted by Gasteiger charge is -2.18. The van der Waals surface area contributed by atoms with Gasteiger partial charge in [0, 0.05) is 22.9 Å². The van der Waals surface area contributed by atoms with Crippen LogP contribution < -0.4 is 0 Å². The van der Waals surface area contributed by atoms with Crippen LogP contribution in [0.3, 0.4) is 0 Å². The predicted octanol–water partition coefficient (Wildman–Crippen LogP) is 2.42. The van der Waals surface area contributed by atoms with Gasteiger partial charge in [-0.05, 0) is 6.07 Å². The Labute approximate surface area is 84.2 Å². The summed E-state index contributed by atoms with van der Waals surface area (Å²) in [5.41, 5.74) is 1.90. The number of nitrogens with zero attached hydrogens (tertiary/aromatic N) is 2. The lowest BCUT2D eigenvalue weighted by molar-refractivity contribution is 0.282. The fourth-order valence-corrected chi connectivity index (χ4v) is 1.11. The SMILES string of the molecule is [C-]#[N+]c1cc(C(C)(C)C)ncc1CO. The monoisotopic (exact) mass is 190 g/mol. The zero-order chi connectivity index (χ0) is 10.8. The standard InChI is InChI=1S/C11H14N2O/c1-11(2,3)10-5-9(12-4)8(7-14)6-13-10/h5-6,14H,7H2,1-3H3. The molecule has 0 aliphatic rings. The molecule has 3 nitrogen and oxygen atoms in total. The lowest BCUT2D eigenvalue weighted by Crippen LogP contribution is -2.13. The summed E-state index contributed by atoms with van der Waals surface area (Å²) in [4.78, 5) is 7.59. The molecule has 0 aliphatic carbocycles. The third kappa shape index (κ3) is 2.09. The molecule has 1 heterocycles. The zero-order valence-electron chi connectivity index (χ0n) is 8.70. The summed E-state index contributed by atoms with van der Waals surface area (Å²) in [6.07, 6.45) is 1.58. The van der Waals surface area contributed by atoms with E-state index in [4.69, 9.17) is 11.7 Å². The Morgan fingerprint density at radius 2 is 2.14 bits per heavy atom. The van der Waals surface area contributed by atoms with E-state index < -0.39 is 0 Å². The van der Waals surface area contributed by atoms with Crippen LogP contribution in [0.4, 0.5) is 5.69 Å². The Kier molecular flexibility index (Phi) is 2.87. The molecule has 1 rings (SSSR count). The van der Waals surface area contributed by atoms with Crippen molar-refractivity contribution in [2.45, 2.75) is 32.8 Å². The van der Waals surface area contributed by atoms with Gasteiger partial charge in [-0.1, -0.05) is 20.8 Å². The minimum Gasteiger partial charge on any atom is -0.393 e. The van der Waals surface area contributed by atoms with Crippen LogP contribution in [0.15, 0.2) is 12.3 Å². The van der Waals surface area contributed by atoms with Crippen molar-refractivity contribution in [1.82, 2.24) is 4.98 Å². The first-order chi connectivity index (χ1) is 6.49. The fraction of sp³-hybridized carbons (Fsp3) is 0.455. The van der Waals surface area contributed by atoms with Crippen LogP contribution in [0, 0.1) is 6.57 Å². The van der Waals surface area contributed by atoms with Gasteiger partial charge in [-0.25, -0.2) is 4.85 Å². The van der Waals surface area contributed by atoms with Gasteiger partial charge >= 0.3 is 0 Å². The maximum atomic E-state index is 8.96. The van der Waals surface area contributed by atoms with Crippen molar-refractivity contribution in [2.24, 2.45) is 0 Å². The smallest absolute Gasteiger partial charge is 0.195 e. The summed E-state index contributed by atoms with van der Waals surface area (Å²) in [5.74, 6) is 0. The summed E-state index contributed by atoms with van der Waals surface area (Å²) in [6.45, 7) is 13.0. The average Bonchev–Trinajstić information content (AvgIpc) is 2.15. The van der Waals surface area contributed by atoms with Gasteiger partial charge in [-0.3, -0.25) is 4.98 Å². The Morgan fingerprint density at radius 1 is 1.50 bits per heavy atom. The van der Waals surface area contributed by atoms with Crippen molar-refractivity contribution in [2.75, 3.05) is 0 Å². The number of hydrogen-bond acceptors (Lipinski definition) is 2. The molecule has 0 spiro atoms. The molecule has 0 bridgehead atoms. The second-order valence-corrected chi connectivity index (χ2v) is 4.22. The fourth-order valence-electron chi connectivity index (χ4n) is 1.11. The molecule has 0 fully saturated rings. The molecule has 1 aromatic heterocycles. The number of pyridine rings is 1. The van der Waals surface area contributed by atoms with E-state index in [2.05, 4.69) is 9.83 Å². The van der Waals surface area contributed by atoms with E-state index in [1.807, 2.05) is 20.8 Å². The maximum Gasteiger partial charge on any atom is 0.195 e. The van der Waals surface area contributed by atoms with Crippen LogP contribution >= 0.6 is 0 Å². The molecule has 0 saturated heterocycles. The molecule has 0 aromatic carbocycles.